The number of aliphatic hydroxyl groups excluding tert-OH is 1. The van der Waals surface area contributed by atoms with E-state index >= 15 is 0 Å². The van der Waals surface area contributed by atoms with Crippen molar-refractivity contribution >= 4 is 38.5 Å². The largest absolute Gasteiger partial charge is 0.512 e. The fourth-order valence-electron chi connectivity index (χ4n) is 14.9. The van der Waals surface area contributed by atoms with E-state index in [1.54, 1.807) is 54.6 Å². The van der Waals surface area contributed by atoms with Gasteiger partial charge >= 0.3 is 0 Å². The minimum atomic E-state index is -2.09. The van der Waals surface area contributed by atoms with Crippen molar-refractivity contribution < 1.29 is 107 Å². The van der Waals surface area contributed by atoms with Crippen LogP contribution in [-0.2, 0) is 102 Å². The summed E-state index contributed by atoms with van der Waals surface area (Å²) in [5.41, 5.74) is 29.0. The molecule has 11 aromatic carbocycles. The van der Waals surface area contributed by atoms with Gasteiger partial charge in [0.25, 0.3) is 0 Å². The van der Waals surface area contributed by atoms with Crippen LogP contribution in [0.25, 0.3) is 134 Å². The number of aliphatic hydroxyl groups is 1. The van der Waals surface area contributed by atoms with E-state index in [9.17, 15) is 9.90 Å². The molecule has 19 rings (SSSR count). The van der Waals surface area contributed by atoms with E-state index in [-0.39, 0.29) is 131 Å². The molecule has 1 N–H and O–H groups in total. The average Bonchev–Trinajstić information content (AvgIpc) is 1.61. The van der Waals surface area contributed by atoms with E-state index in [0.29, 0.717) is 5.92 Å². The number of carbonyl (C=O) groups excluding carboxylic acids is 1. The van der Waals surface area contributed by atoms with Crippen LogP contribution >= 0.6 is 0 Å². The van der Waals surface area contributed by atoms with Crippen LogP contribution in [0.3, 0.4) is 0 Å². The van der Waals surface area contributed by atoms with E-state index in [0.717, 1.165) is 131 Å². The monoisotopic (exact) mass is 2600 g/mol. The first-order valence-electron chi connectivity index (χ1n) is 51.6. The van der Waals surface area contributed by atoms with Crippen molar-refractivity contribution in [3.8, 4) is 101 Å². The summed E-state index contributed by atoms with van der Waals surface area (Å²) in [6.07, 6.45) is 15.9. The van der Waals surface area contributed by atoms with Crippen molar-refractivity contribution in [3.63, 3.8) is 0 Å². The Labute approximate surface area is 915 Å². The summed E-state index contributed by atoms with van der Waals surface area (Å²) in [5.74, 6) is 1.03. The van der Waals surface area contributed by atoms with Gasteiger partial charge in [0.1, 0.15) is 5.58 Å². The number of hydrogen-bond acceptors (Lipinski definition) is 10. The number of para-hydroxylation sites is 1. The van der Waals surface area contributed by atoms with E-state index in [4.69, 9.17) is 16.8 Å². The molecule has 0 saturated carbocycles. The molecule has 0 aliphatic heterocycles. The predicted octanol–water partition coefficient (Wildman–Crippen LogP) is 33.3. The zero-order chi connectivity index (χ0) is 106. The van der Waals surface area contributed by atoms with Crippen LogP contribution in [-0.4, -0.2) is 45.8 Å². The number of aryl methyl sites for hydroxylation is 7. The van der Waals surface area contributed by atoms with Crippen molar-refractivity contribution in [2.75, 3.05) is 0 Å². The van der Waals surface area contributed by atoms with Crippen molar-refractivity contribution in [2.45, 2.75) is 161 Å². The van der Waals surface area contributed by atoms with E-state index in [1.165, 1.54) is 85.5 Å². The molecule has 0 aliphatic carbocycles. The summed E-state index contributed by atoms with van der Waals surface area (Å²) in [7, 11) is 0. The number of ketones is 1. The Hall–Kier alpha value is -12.7. The van der Waals surface area contributed by atoms with Crippen molar-refractivity contribution in [1.82, 2.24) is 34.9 Å². The third-order valence-corrected chi connectivity index (χ3v) is 23.1. The van der Waals surface area contributed by atoms with Gasteiger partial charge in [0.05, 0.1) is 11.3 Å². The molecule has 2 unspecified atom stereocenters. The van der Waals surface area contributed by atoms with Crippen molar-refractivity contribution in [1.29, 1.82) is 0 Å². The summed E-state index contributed by atoms with van der Waals surface area (Å²) in [5, 5.41) is 14.2. The molecule has 143 heavy (non-hydrogen) atoms. The maximum Gasteiger partial charge on any atom is 0.161 e. The van der Waals surface area contributed by atoms with E-state index in [2.05, 4.69) is 324 Å². The molecule has 0 fully saturated rings. The molecule has 0 saturated heterocycles. The van der Waals surface area contributed by atoms with Crippen LogP contribution < -0.4 is 0 Å². The molecule has 0 aliphatic rings. The number of carbonyl (C=O) groups is 1. The van der Waals surface area contributed by atoms with Crippen LogP contribution in [0.15, 0.2) is 369 Å². The molecule has 2 atom stereocenters. The Balaban J connectivity index is 0.000000212. The Morgan fingerprint density at radius 2 is 0.860 bits per heavy atom. The maximum atomic E-state index is 11.4. The van der Waals surface area contributed by atoms with Crippen LogP contribution in [0.2, 0.25) is 0 Å². The fourth-order valence-corrected chi connectivity index (χ4v) is 14.9. The first kappa shape index (κ1) is 102. The molecule has 8 heterocycles. The molecule has 8 aromatic heterocycles. The molecule has 10 nitrogen and oxygen atoms in total. The zero-order valence-corrected chi connectivity index (χ0v) is 93.2. The number of hydrogen-bond donors (Lipinski definition) is 1. The maximum absolute atomic E-state index is 11.4. The Bertz CT molecular complexity index is 7300. The fraction of sp³-hybridized carbons (Fsp3) is 0.209. The molecular formula is C129H126Ir4N7O3-7. The number of aromatic nitrogens is 7. The van der Waals surface area contributed by atoms with Gasteiger partial charge in [0.15, 0.2) is 5.78 Å². The standard InChI is InChI=1S/C21H22N.2C21H20N.C19H14NO.3C12H10N.C11H20O2.4Ir/c1-14(2)9-17-5-6-20-18(13-17)7-8-22-21(20)19-11-15(3)10-16(4)12-19;1-21(2,3)19-12-13-22-20(15-19)18-11-7-10-17(14-18)16-8-5-4-6-9-16;1-21(2,3)19-12-13-20(22-15-19)18-11-7-10-17(14-18)16-8-5-4-6-9-16;1-12-9-10-20-17(11-12)16-8-4-7-15-14-6-3-5-13(2)18(14)21-19(15)16;3*1-10-7-8-12(13-9-10)11-5-3-2-4-6-11;1-5-8(3)10(12)7-11(13)9(4)6-2;;;;/h5-8,10-11,13-14H,9H2,1-4H3;2*4-10,12-15H,1-3H3;3-7,9-11H,1-2H3;3*2-5,7-9H,1H3;7-9,12H,5-6H2,1-4H3;;;;/q7*-1;;;;;/i;;;;3*1D3;;;;;. The number of nitrogens with zero attached hydrogens (tertiary/aromatic N) is 7. The van der Waals surface area contributed by atoms with Crippen molar-refractivity contribution in [3.05, 3.63) is 463 Å². The number of fused-ring (bicyclic) bond motifs is 4. The number of benzene rings is 11. The molecule has 0 bridgehead atoms. The molecule has 4 radical (unpaired) electrons. The third-order valence-electron chi connectivity index (χ3n) is 23.1. The number of allylic oxidation sites excluding steroid dienone is 2. The van der Waals surface area contributed by atoms with Crippen LogP contribution in [0.4, 0.5) is 0 Å². The average molecular weight is 2600 g/mol. The summed E-state index contributed by atoms with van der Waals surface area (Å²) in [6.45, 7) is 27.6. The molecule has 19 aromatic rings. The second-order valence-corrected chi connectivity index (χ2v) is 36.7. The predicted molar refractivity (Wildman–Crippen MR) is 579 cm³/mol. The van der Waals surface area contributed by atoms with Crippen LogP contribution in [0.5, 0.6) is 0 Å². The van der Waals surface area contributed by atoms with Crippen molar-refractivity contribution in [2.24, 2.45) is 17.8 Å². The Morgan fingerprint density at radius 1 is 0.378 bits per heavy atom. The SMILES string of the molecule is CC(C)(C)c1ccc(-c2[c-]ccc(-c3ccccc3)c2)nc1.CC(C)(C)c1ccnc(-c2[c-]ccc(-c3ccccc3)c2)c1.CCC(C)C(=O)C=C(O)C(C)CC.Cc1[c-]c(-c2nccc3cc(CC(C)C)ccc23)cc(C)c1.Cc1ccnc(-c2[c-]ccc3c2oc2c(C)cccc23)c1.[2H]C([2H])([2H])c1ccc(-c2[c-]cccc2)nc1.[2H]C([2H])([2H])c1ccc(-c2[c-]cccc2)nc1.[2H]C([2H])([2H])c1ccc(-c2[c-]cccc2)nc1.[Ir].[Ir].[Ir].[Ir]. The minimum Gasteiger partial charge on any atom is -0.512 e. The molecule has 738 valence electrons. The van der Waals surface area contributed by atoms with E-state index < -0.39 is 20.6 Å². The molecule has 0 amide bonds. The van der Waals surface area contributed by atoms with Gasteiger partial charge in [-0.1, -0.05) is 271 Å². The van der Waals surface area contributed by atoms with E-state index in [1.807, 2.05) is 143 Å². The number of furan rings is 1. The van der Waals surface area contributed by atoms with Gasteiger partial charge in [-0.3, -0.25) is 4.79 Å². The van der Waals surface area contributed by atoms with Crippen LogP contribution in [0, 0.1) is 108 Å². The summed E-state index contributed by atoms with van der Waals surface area (Å²) < 4.78 is 71.2. The van der Waals surface area contributed by atoms with Gasteiger partial charge < -0.3 is 44.4 Å². The molecule has 14 heteroatoms. The van der Waals surface area contributed by atoms with Gasteiger partial charge in [-0.25, -0.2) is 0 Å². The summed E-state index contributed by atoms with van der Waals surface area (Å²) in [6, 6.07) is 124. The quantitative estimate of drug-likeness (QED) is 0.0565. The van der Waals surface area contributed by atoms with Gasteiger partial charge in [0.2, 0.25) is 0 Å². The Kier molecular flexibility index (Phi) is 40.6. The smallest absolute Gasteiger partial charge is 0.161 e. The molecular weight excluding hydrogens is 2460 g/mol. The van der Waals surface area contributed by atoms with Gasteiger partial charge in [-0.15, -0.1) is 232 Å². The Morgan fingerprint density at radius 3 is 1.34 bits per heavy atom. The first-order valence-corrected chi connectivity index (χ1v) is 47.1. The third kappa shape index (κ3) is 34.6. The summed E-state index contributed by atoms with van der Waals surface area (Å²) in [4.78, 5) is 42.0. The minimum absolute atomic E-state index is 0. The normalized spacial score (nSPS) is 12.3. The topological polar surface area (TPSA) is 141 Å². The first-order chi connectivity index (χ1) is 70.6. The number of rotatable bonds is 16. The van der Waals surface area contributed by atoms with Crippen LogP contribution in [0.1, 0.15) is 164 Å². The zero-order valence-electron chi connectivity index (χ0n) is 92.6. The van der Waals surface area contributed by atoms with Gasteiger partial charge in [-0.2, -0.15) is 0 Å². The van der Waals surface area contributed by atoms with Gasteiger partial charge in [-0.05, 0) is 189 Å². The number of pyridine rings is 7. The molecule has 0 spiro atoms. The summed E-state index contributed by atoms with van der Waals surface area (Å²) >= 11 is 0. The second-order valence-electron chi connectivity index (χ2n) is 36.7. The van der Waals surface area contributed by atoms with Gasteiger partial charge in [0, 0.05) is 159 Å². The second kappa shape index (κ2) is 57.0.